The van der Waals surface area contributed by atoms with Gasteiger partial charge < -0.3 is 15.5 Å². The molecule has 146 valence electrons. The van der Waals surface area contributed by atoms with Crippen LogP contribution < -0.4 is 10.6 Å². The number of fused-ring (bicyclic) bond motifs is 1. The predicted octanol–water partition coefficient (Wildman–Crippen LogP) is 2.64. The second-order valence-electron chi connectivity index (χ2n) is 8.53. The van der Waals surface area contributed by atoms with Crippen LogP contribution >= 0.6 is 0 Å². The maximum atomic E-state index is 5.92. The van der Waals surface area contributed by atoms with Gasteiger partial charge in [-0.2, -0.15) is 15.1 Å². The van der Waals surface area contributed by atoms with E-state index in [9.17, 15) is 0 Å². The van der Waals surface area contributed by atoms with E-state index in [1.165, 1.54) is 31.4 Å². The van der Waals surface area contributed by atoms with Crippen LogP contribution in [-0.4, -0.2) is 58.3 Å². The molecule has 2 fully saturated rings. The molecule has 0 amide bonds. The molecule has 2 aromatic heterocycles. The number of piperidine rings is 2. The zero-order valence-electron chi connectivity index (χ0n) is 16.3. The predicted molar refractivity (Wildman–Crippen MR) is 111 cm³/mol. The van der Waals surface area contributed by atoms with E-state index in [4.69, 9.17) is 5.73 Å². The molecule has 2 saturated heterocycles. The molecule has 1 aromatic carbocycles. The van der Waals surface area contributed by atoms with Crippen LogP contribution in [0.2, 0.25) is 0 Å². The number of nitrogen functional groups attached to an aromatic ring is 1. The number of hydrogen-bond donors (Lipinski definition) is 2. The first kappa shape index (κ1) is 17.4. The molecule has 2 aliphatic rings. The van der Waals surface area contributed by atoms with E-state index in [0.29, 0.717) is 22.9 Å². The largest absolute Gasteiger partial charge is 0.368 e. The Morgan fingerprint density at radius 3 is 2.71 bits per heavy atom. The van der Waals surface area contributed by atoms with Crippen LogP contribution in [0.1, 0.15) is 30.7 Å². The third kappa shape index (κ3) is 3.09. The van der Waals surface area contributed by atoms with Gasteiger partial charge in [-0.15, -0.1) is 0 Å². The molecule has 0 radical (unpaired) electrons. The van der Waals surface area contributed by atoms with Crippen molar-refractivity contribution in [1.29, 1.82) is 0 Å². The summed E-state index contributed by atoms with van der Waals surface area (Å²) in [5.41, 5.74) is 8.48. The molecule has 7 nitrogen and oxygen atoms in total. The molecule has 0 bridgehead atoms. The minimum absolute atomic E-state index is 0.300. The fourth-order valence-corrected chi connectivity index (χ4v) is 5.25. The number of likely N-dealkylation sites (N-methyl/N-ethyl adjacent to an activating group) is 1. The Bertz CT molecular complexity index is 959. The summed E-state index contributed by atoms with van der Waals surface area (Å²) in [5, 5.41) is 7.98. The molecule has 2 aliphatic heterocycles. The first-order chi connectivity index (χ1) is 13.6. The Balaban J connectivity index is 1.36. The highest BCUT2D eigenvalue weighted by Gasteiger charge is 2.41. The average molecular weight is 377 g/mol. The summed E-state index contributed by atoms with van der Waals surface area (Å²) in [6.45, 7) is 4.31. The first-order valence-electron chi connectivity index (χ1n) is 10.1. The summed E-state index contributed by atoms with van der Waals surface area (Å²) in [6, 6.07) is 11.0. The second kappa shape index (κ2) is 6.74. The van der Waals surface area contributed by atoms with Crippen LogP contribution in [0.5, 0.6) is 0 Å². The maximum absolute atomic E-state index is 5.92. The van der Waals surface area contributed by atoms with Crippen molar-refractivity contribution in [3.63, 3.8) is 0 Å². The Morgan fingerprint density at radius 1 is 1.14 bits per heavy atom. The van der Waals surface area contributed by atoms with E-state index < -0.39 is 0 Å². The lowest BCUT2D eigenvalue weighted by molar-refractivity contribution is 0.0671. The third-order valence-electron chi connectivity index (χ3n) is 6.52. The van der Waals surface area contributed by atoms with Gasteiger partial charge in [-0.1, -0.05) is 30.3 Å². The Hall–Kier alpha value is -2.67. The molecule has 1 spiro atoms. The standard InChI is InChI=1S/C21H27N7/c1-27-13-16(15-5-3-2-4-6-15)11-21(14-27)7-9-28(10-8-21)19-17-12-23-26-18(17)24-20(22)25-19/h2-6,12,16H,7-11,13-14H2,1H3,(H3,22,23,24,25,26)/t16-/m1/s1. The molecular weight excluding hydrogens is 350 g/mol. The van der Waals surface area contributed by atoms with Crippen LogP contribution in [-0.2, 0) is 0 Å². The Morgan fingerprint density at radius 2 is 1.93 bits per heavy atom. The van der Waals surface area contributed by atoms with Gasteiger partial charge >= 0.3 is 0 Å². The number of nitrogens with zero attached hydrogens (tertiary/aromatic N) is 5. The summed E-state index contributed by atoms with van der Waals surface area (Å²) >= 11 is 0. The SMILES string of the molecule is CN1C[C@H](c2ccccc2)CC2(CCN(c3nc(N)nc4[nH]ncc34)CC2)C1. The van der Waals surface area contributed by atoms with Crippen LogP contribution in [0.3, 0.4) is 0 Å². The van der Waals surface area contributed by atoms with E-state index >= 15 is 0 Å². The normalized spacial score (nSPS) is 22.8. The van der Waals surface area contributed by atoms with E-state index in [2.05, 4.69) is 67.3 Å². The van der Waals surface area contributed by atoms with Crippen molar-refractivity contribution in [3.8, 4) is 0 Å². The number of rotatable bonds is 2. The highest BCUT2D eigenvalue weighted by molar-refractivity contribution is 5.87. The number of hydrogen-bond acceptors (Lipinski definition) is 6. The molecule has 0 saturated carbocycles. The summed E-state index contributed by atoms with van der Waals surface area (Å²) in [4.78, 5) is 13.6. The average Bonchev–Trinajstić information content (AvgIpc) is 3.16. The van der Waals surface area contributed by atoms with Crippen LogP contribution in [0.25, 0.3) is 11.0 Å². The van der Waals surface area contributed by atoms with Crippen molar-refractivity contribution >= 4 is 22.8 Å². The fourth-order valence-electron chi connectivity index (χ4n) is 5.25. The van der Waals surface area contributed by atoms with Crippen molar-refractivity contribution in [2.24, 2.45) is 5.41 Å². The monoisotopic (exact) mass is 377 g/mol. The minimum atomic E-state index is 0.300. The summed E-state index contributed by atoms with van der Waals surface area (Å²) in [6.07, 6.45) is 5.41. The molecule has 0 aliphatic carbocycles. The lowest BCUT2D eigenvalue weighted by Crippen LogP contribution is -2.50. The molecule has 1 atom stereocenters. The van der Waals surface area contributed by atoms with E-state index in [-0.39, 0.29) is 0 Å². The van der Waals surface area contributed by atoms with Crippen molar-refractivity contribution in [2.45, 2.75) is 25.2 Å². The third-order valence-corrected chi connectivity index (χ3v) is 6.52. The van der Waals surface area contributed by atoms with Crippen LogP contribution in [0.4, 0.5) is 11.8 Å². The number of anilines is 2. The summed E-state index contributed by atoms with van der Waals surface area (Å²) < 4.78 is 0. The van der Waals surface area contributed by atoms with Crippen molar-refractivity contribution in [1.82, 2.24) is 25.1 Å². The number of aromatic amines is 1. The van der Waals surface area contributed by atoms with Gasteiger partial charge in [0.1, 0.15) is 5.82 Å². The number of H-pyrrole nitrogens is 1. The number of nitrogens with one attached hydrogen (secondary N) is 1. The molecule has 5 rings (SSSR count). The number of aromatic nitrogens is 4. The molecule has 4 heterocycles. The lowest BCUT2D eigenvalue weighted by Gasteiger charge is -2.49. The van der Waals surface area contributed by atoms with E-state index in [1.54, 1.807) is 6.20 Å². The number of benzene rings is 1. The quantitative estimate of drug-likeness (QED) is 0.714. The minimum Gasteiger partial charge on any atom is -0.368 e. The zero-order valence-corrected chi connectivity index (χ0v) is 16.3. The maximum Gasteiger partial charge on any atom is 0.224 e. The smallest absolute Gasteiger partial charge is 0.224 e. The highest BCUT2D eigenvalue weighted by Crippen LogP contribution is 2.45. The van der Waals surface area contributed by atoms with Gasteiger partial charge in [0.05, 0.1) is 11.6 Å². The second-order valence-corrected chi connectivity index (χ2v) is 8.53. The van der Waals surface area contributed by atoms with Gasteiger partial charge in [0.15, 0.2) is 5.65 Å². The number of likely N-dealkylation sites (tertiary alicyclic amines) is 1. The topological polar surface area (TPSA) is 87.0 Å². The molecule has 28 heavy (non-hydrogen) atoms. The highest BCUT2D eigenvalue weighted by atomic mass is 15.2. The van der Waals surface area contributed by atoms with Crippen LogP contribution in [0, 0.1) is 5.41 Å². The molecule has 3 aromatic rings. The van der Waals surface area contributed by atoms with Gasteiger partial charge in [0.25, 0.3) is 0 Å². The number of nitrogens with two attached hydrogens (primary N) is 1. The molecule has 0 unspecified atom stereocenters. The lowest BCUT2D eigenvalue weighted by atomic mass is 9.68. The van der Waals surface area contributed by atoms with Gasteiger partial charge in [0.2, 0.25) is 5.95 Å². The molecular formula is C21H27N7. The van der Waals surface area contributed by atoms with Crippen molar-refractivity contribution in [2.75, 3.05) is 43.9 Å². The Kier molecular flexibility index (Phi) is 4.19. The van der Waals surface area contributed by atoms with Crippen molar-refractivity contribution in [3.05, 3.63) is 42.1 Å². The van der Waals surface area contributed by atoms with Gasteiger partial charge in [-0.3, -0.25) is 5.10 Å². The fraction of sp³-hybridized carbons (Fsp3) is 0.476. The molecule has 7 heteroatoms. The van der Waals surface area contributed by atoms with E-state index in [1.807, 2.05) is 0 Å². The molecule has 3 N–H and O–H groups in total. The summed E-state index contributed by atoms with van der Waals surface area (Å²) in [5.74, 6) is 1.82. The van der Waals surface area contributed by atoms with Gasteiger partial charge in [-0.25, -0.2) is 0 Å². The van der Waals surface area contributed by atoms with Crippen molar-refractivity contribution < 1.29 is 0 Å². The Labute approximate surface area is 165 Å². The van der Waals surface area contributed by atoms with E-state index in [0.717, 1.165) is 30.8 Å². The van der Waals surface area contributed by atoms with Gasteiger partial charge in [-0.05, 0) is 43.2 Å². The van der Waals surface area contributed by atoms with Gasteiger partial charge in [0, 0.05) is 26.2 Å². The zero-order chi connectivity index (χ0) is 19.1. The summed E-state index contributed by atoms with van der Waals surface area (Å²) in [7, 11) is 2.27. The first-order valence-corrected chi connectivity index (χ1v) is 10.1. The van der Waals surface area contributed by atoms with Crippen LogP contribution in [0.15, 0.2) is 36.5 Å².